The number of alkyl halides is 11. The lowest BCUT2D eigenvalue weighted by molar-refractivity contribution is -0.275. The van der Waals surface area contributed by atoms with Gasteiger partial charge in [-0.1, -0.05) is 15.9 Å². The summed E-state index contributed by atoms with van der Waals surface area (Å²) in [6, 6.07) is 4.33. The van der Waals surface area contributed by atoms with Crippen molar-refractivity contribution in [1.29, 1.82) is 0 Å². The fourth-order valence-electron chi connectivity index (χ4n) is 2.53. The predicted octanol–water partition coefficient (Wildman–Crippen LogP) is 8.17. The smallest absolute Gasteiger partial charge is 0.406 e. The number of benzene rings is 2. The third-order valence-corrected chi connectivity index (χ3v) is 4.65. The second-order valence-electron chi connectivity index (χ2n) is 7.48. The number of hydrogen-bond acceptors (Lipinski definition) is 4. The van der Waals surface area contributed by atoms with E-state index in [-0.39, 0.29) is 16.5 Å². The molecule has 0 amide bonds. The van der Waals surface area contributed by atoms with Crippen LogP contribution in [0, 0.1) is 0 Å². The second kappa shape index (κ2) is 11.7. The van der Waals surface area contributed by atoms with Crippen LogP contribution >= 0.6 is 15.9 Å². The van der Waals surface area contributed by atoms with Gasteiger partial charge >= 0.3 is 12.7 Å². The van der Waals surface area contributed by atoms with Gasteiger partial charge in [0.1, 0.15) is 11.5 Å². The zero-order valence-corrected chi connectivity index (χ0v) is 20.5. The van der Waals surface area contributed by atoms with Gasteiger partial charge in [-0.2, -0.15) is 0 Å². The van der Waals surface area contributed by atoms with Gasteiger partial charge in [-0.3, -0.25) is 9.59 Å². The predicted molar refractivity (Wildman–Crippen MR) is 114 cm³/mol. The number of ketones is 2. The molecule has 0 N–H and O–H groups in total. The van der Waals surface area contributed by atoms with Crippen molar-refractivity contribution in [1.82, 2.24) is 0 Å². The van der Waals surface area contributed by atoms with Crippen molar-refractivity contribution in [2.75, 3.05) is 5.33 Å². The molecule has 2 rings (SSSR count). The van der Waals surface area contributed by atoms with Crippen LogP contribution < -0.4 is 9.47 Å². The lowest BCUT2D eigenvalue weighted by Crippen LogP contribution is -2.18. The van der Waals surface area contributed by atoms with E-state index < -0.39 is 58.8 Å². The highest BCUT2D eigenvalue weighted by Gasteiger charge is 2.34. The molecule has 2 aromatic carbocycles. The molecular formula is C22H17BrF10O4. The molecule has 2 aromatic rings. The standard InChI is InChI=1S/C11H8BrF5O2.C11H9F5O2/c1-10(13,14)7-2-6(9(18)5-12)3-8(4-7)19-11(15,16)17;1-6(17)7-3-8(10(2,12)13)5-9(4-7)18-11(14,15)16/h2-4H,5H2,1H3;3-5H,1-2H3. The van der Waals surface area contributed by atoms with E-state index in [2.05, 4.69) is 25.4 Å². The molecule has 0 atom stereocenters. The minimum atomic E-state index is -5.02. The van der Waals surface area contributed by atoms with Gasteiger partial charge in [0, 0.05) is 36.1 Å². The first-order chi connectivity index (χ1) is 16.5. The molecule has 206 valence electrons. The third-order valence-electron chi connectivity index (χ3n) is 4.14. The monoisotopic (exact) mass is 614 g/mol. The van der Waals surface area contributed by atoms with Crippen molar-refractivity contribution in [3.8, 4) is 11.5 Å². The molecule has 0 bridgehead atoms. The molecule has 0 heterocycles. The Morgan fingerprint density at radius 3 is 1.32 bits per heavy atom. The summed E-state index contributed by atoms with van der Waals surface area (Å²) in [6.07, 6.45) is -10.0. The molecule has 0 saturated heterocycles. The van der Waals surface area contributed by atoms with Gasteiger partial charge in [0.05, 0.1) is 5.33 Å². The van der Waals surface area contributed by atoms with E-state index in [0.29, 0.717) is 26.0 Å². The average Bonchev–Trinajstić information content (AvgIpc) is 2.69. The zero-order chi connectivity index (χ0) is 29.0. The van der Waals surface area contributed by atoms with Gasteiger partial charge in [0.25, 0.3) is 11.8 Å². The van der Waals surface area contributed by atoms with Crippen molar-refractivity contribution in [3.05, 3.63) is 58.7 Å². The quantitative estimate of drug-likeness (QED) is 0.179. The summed E-state index contributed by atoms with van der Waals surface area (Å²) in [5, 5.41) is -0.197. The molecule has 0 aliphatic heterocycles. The lowest BCUT2D eigenvalue weighted by Gasteiger charge is -2.15. The van der Waals surface area contributed by atoms with Crippen molar-refractivity contribution >= 4 is 27.5 Å². The Bertz CT molecular complexity index is 1120. The maximum absolute atomic E-state index is 13.2. The Morgan fingerprint density at radius 2 is 1.03 bits per heavy atom. The van der Waals surface area contributed by atoms with Gasteiger partial charge in [0.15, 0.2) is 11.6 Å². The Labute approximate surface area is 211 Å². The van der Waals surface area contributed by atoms with Gasteiger partial charge < -0.3 is 9.47 Å². The summed E-state index contributed by atoms with van der Waals surface area (Å²) in [5.41, 5.74) is -1.99. The molecular weight excluding hydrogens is 598 g/mol. The minimum absolute atomic E-state index is 0.197. The van der Waals surface area contributed by atoms with Crippen molar-refractivity contribution in [2.24, 2.45) is 0 Å². The topological polar surface area (TPSA) is 52.6 Å². The number of ether oxygens (including phenoxy) is 2. The van der Waals surface area contributed by atoms with Gasteiger partial charge in [0.2, 0.25) is 0 Å². The third kappa shape index (κ3) is 11.4. The molecule has 0 aliphatic rings. The van der Waals surface area contributed by atoms with E-state index in [1.54, 1.807) is 0 Å². The van der Waals surface area contributed by atoms with E-state index in [4.69, 9.17) is 0 Å². The summed E-state index contributed by atoms with van der Waals surface area (Å²) in [7, 11) is 0. The molecule has 0 fully saturated rings. The van der Waals surface area contributed by atoms with Crippen LogP contribution in [0.15, 0.2) is 36.4 Å². The fourth-order valence-corrected chi connectivity index (χ4v) is 2.86. The first kappa shape index (κ1) is 32.2. The van der Waals surface area contributed by atoms with E-state index in [9.17, 15) is 53.5 Å². The number of halogens is 11. The van der Waals surface area contributed by atoms with Crippen LogP contribution in [0.4, 0.5) is 43.9 Å². The second-order valence-corrected chi connectivity index (χ2v) is 8.04. The van der Waals surface area contributed by atoms with Gasteiger partial charge in [-0.05, 0) is 43.3 Å². The lowest BCUT2D eigenvalue weighted by atomic mass is 10.0. The highest BCUT2D eigenvalue weighted by molar-refractivity contribution is 9.09. The maximum Gasteiger partial charge on any atom is 0.573 e. The van der Waals surface area contributed by atoms with Crippen LogP contribution in [0.25, 0.3) is 0 Å². The number of rotatable bonds is 7. The first-order valence-electron chi connectivity index (χ1n) is 9.70. The number of hydrogen-bond donors (Lipinski definition) is 0. The molecule has 0 saturated carbocycles. The van der Waals surface area contributed by atoms with Crippen molar-refractivity contribution in [2.45, 2.75) is 45.3 Å². The number of carbonyl (C=O) groups excluding carboxylic acids is 2. The van der Waals surface area contributed by atoms with Crippen LogP contribution in [0.3, 0.4) is 0 Å². The Morgan fingerprint density at radius 1 is 0.676 bits per heavy atom. The summed E-state index contributed by atoms with van der Waals surface area (Å²) in [4.78, 5) is 22.4. The fraction of sp³-hybridized carbons (Fsp3) is 0.364. The molecule has 0 aliphatic carbocycles. The van der Waals surface area contributed by atoms with E-state index in [1.807, 2.05) is 0 Å². The Kier molecular flexibility index (Phi) is 10.2. The van der Waals surface area contributed by atoms with E-state index >= 15 is 0 Å². The van der Waals surface area contributed by atoms with Gasteiger partial charge in [-0.25, -0.2) is 17.6 Å². The number of Topliss-reactive ketones (excluding diaryl/α,β-unsaturated/α-hetero) is 2. The van der Waals surface area contributed by atoms with E-state index in [1.165, 1.54) is 0 Å². The molecule has 4 nitrogen and oxygen atoms in total. The number of carbonyl (C=O) groups is 2. The highest BCUT2D eigenvalue weighted by Crippen LogP contribution is 2.34. The largest absolute Gasteiger partial charge is 0.573 e. The normalized spacial score (nSPS) is 12.4. The first-order valence-corrected chi connectivity index (χ1v) is 10.8. The zero-order valence-electron chi connectivity index (χ0n) is 19.0. The average molecular weight is 615 g/mol. The molecule has 0 radical (unpaired) electrons. The maximum atomic E-state index is 13.2. The molecule has 15 heteroatoms. The van der Waals surface area contributed by atoms with Crippen LogP contribution in [0.5, 0.6) is 11.5 Å². The molecule has 0 spiro atoms. The molecule has 37 heavy (non-hydrogen) atoms. The minimum Gasteiger partial charge on any atom is -0.406 e. The summed E-state index contributed by atoms with van der Waals surface area (Å²) >= 11 is 2.81. The summed E-state index contributed by atoms with van der Waals surface area (Å²) in [6.45, 7) is 2.09. The highest BCUT2D eigenvalue weighted by atomic mass is 79.9. The van der Waals surface area contributed by atoms with E-state index in [0.717, 1.165) is 31.2 Å². The summed E-state index contributed by atoms with van der Waals surface area (Å²) < 4.78 is 132. The van der Waals surface area contributed by atoms with Crippen LogP contribution in [0.2, 0.25) is 0 Å². The van der Waals surface area contributed by atoms with Crippen LogP contribution in [0.1, 0.15) is 52.6 Å². The molecule has 0 aromatic heterocycles. The van der Waals surface area contributed by atoms with Crippen molar-refractivity contribution < 1.29 is 63.0 Å². The van der Waals surface area contributed by atoms with Crippen LogP contribution in [-0.4, -0.2) is 29.6 Å². The SMILES string of the molecule is CC(=O)c1cc(OC(F)(F)F)cc(C(C)(F)F)c1.CC(F)(F)c1cc(OC(F)(F)F)cc(C(=O)CBr)c1. The summed E-state index contributed by atoms with van der Waals surface area (Å²) in [5.74, 6) is -9.70. The van der Waals surface area contributed by atoms with Crippen molar-refractivity contribution in [3.63, 3.8) is 0 Å². The van der Waals surface area contributed by atoms with Crippen LogP contribution in [-0.2, 0) is 11.8 Å². The van der Waals surface area contributed by atoms with Gasteiger partial charge in [-0.15, -0.1) is 26.3 Å². The Hall–Kier alpha value is -2.84. The Balaban J connectivity index is 0.000000371. The molecule has 0 unspecified atom stereocenters.